The molecule has 1 N–H and O–H groups in total. The summed E-state index contributed by atoms with van der Waals surface area (Å²) < 4.78 is 0. The average molecular weight is 309 g/mol. The molecule has 0 atom stereocenters. The molecule has 2 heterocycles. The maximum absolute atomic E-state index is 4.88. The van der Waals surface area contributed by atoms with E-state index in [1.54, 1.807) is 0 Å². The fourth-order valence-electron chi connectivity index (χ4n) is 3.53. The summed E-state index contributed by atoms with van der Waals surface area (Å²) in [6, 6.07) is 7.61. The molecule has 0 spiro atoms. The second-order valence-electron chi connectivity index (χ2n) is 7.42. The molecule has 2 fully saturated rings. The smallest absolute Gasteiger partial charge is 0.136 e. The molecular weight excluding hydrogens is 282 g/mol. The lowest BCUT2D eigenvalue weighted by atomic mass is 9.98. The molecule has 1 aliphatic carbocycles. The zero-order valence-electron chi connectivity index (χ0n) is 14.3. The minimum Gasteiger partial charge on any atom is -0.381 e. The first kappa shape index (κ1) is 14.8. The number of piperidine rings is 1. The van der Waals surface area contributed by atoms with Crippen molar-refractivity contribution in [2.75, 3.05) is 23.3 Å². The number of benzene rings is 1. The number of aromatic nitrogens is 1. The van der Waals surface area contributed by atoms with Crippen LogP contribution in [0.3, 0.4) is 0 Å². The van der Waals surface area contributed by atoms with Gasteiger partial charge in [0.25, 0.3) is 0 Å². The molecule has 1 aromatic carbocycles. The van der Waals surface area contributed by atoms with Crippen LogP contribution in [-0.2, 0) is 0 Å². The van der Waals surface area contributed by atoms with Crippen LogP contribution in [0.15, 0.2) is 24.4 Å². The molecule has 4 rings (SSSR count). The summed E-state index contributed by atoms with van der Waals surface area (Å²) in [6.45, 7) is 6.82. The molecule has 1 aliphatic heterocycles. The van der Waals surface area contributed by atoms with Crippen LogP contribution in [-0.4, -0.2) is 24.1 Å². The number of hydrogen-bond acceptors (Lipinski definition) is 3. The van der Waals surface area contributed by atoms with E-state index >= 15 is 0 Å². The van der Waals surface area contributed by atoms with E-state index < -0.39 is 0 Å². The van der Waals surface area contributed by atoms with Crippen molar-refractivity contribution in [3.63, 3.8) is 0 Å². The van der Waals surface area contributed by atoms with E-state index in [0.29, 0.717) is 12.0 Å². The van der Waals surface area contributed by atoms with Crippen LogP contribution in [0.4, 0.5) is 11.5 Å². The second kappa shape index (κ2) is 6.03. The Morgan fingerprint density at radius 1 is 1.09 bits per heavy atom. The highest BCUT2D eigenvalue weighted by molar-refractivity contribution is 6.00. The molecule has 0 bridgehead atoms. The Hall–Kier alpha value is -1.77. The van der Waals surface area contributed by atoms with E-state index in [-0.39, 0.29) is 0 Å². The first-order chi connectivity index (χ1) is 11.2. The van der Waals surface area contributed by atoms with Gasteiger partial charge in [0.05, 0.1) is 11.9 Å². The summed E-state index contributed by atoms with van der Waals surface area (Å²) in [5.74, 6) is 1.73. The van der Waals surface area contributed by atoms with E-state index in [0.717, 1.165) is 13.1 Å². The third kappa shape index (κ3) is 3.01. The van der Waals surface area contributed by atoms with Crippen molar-refractivity contribution in [3.8, 4) is 0 Å². The van der Waals surface area contributed by atoms with Gasteiger partial charge in [-0.2, -0.15) is 0 Å². The Morgan fingerprint density at radius 3 is 2.57 bits per heavy atom. The number of anilines is 2. The van der Waals surface area contributed by atoms with Crippen LogP contribution in [0.25, 0.3) is 10.8 Å². The summed E-state index contributed by atoms with van der Waals surface area (Å²) in [6.07, 6.45) is 8.57. The molecule has 1 aromatic heterocycles. The normalized spacial score (nSPS) is 18.7. The number of nitrogens with zero attached hydrogens (tertiary/aromatic N) is 2. The minimum absolute atomic E-state index is 0.550. The molecule has 0 radical (unpaired) electrons. The molecule has 1 saturated heterocycles. The van der Waals surface area contributed by atoms with Gasteiger partial charge in [-0.15, -0.1) is 0 Å². The number of fused-ring (bicyclic) bond motifs is 1. The average Bonchev–Trinajstić information content (AvgIpc) is 3.39. The Balaban J connectivity index is 1.81. The summed E-state index contributed by atoms with van der Waals surface area (Å²) in [4.78, 5) is 7.36. The molecule has 122 valence electrons. The first-order valence-corrected chi connectivity index (χ1v) is 9.16. The Bertz CT molecular complexity index is 697. The first-order valence-electron chi connectivity index (χ1n) is 9.16. The Kier molecular flexibility index (Phi) is 3.88. The van der Waals surface area contributed by atoms with Gasteiger partial charge in [0, 0.05) is 29.9 Å². The van der Waals surface area contributed by atoms with E-state index in [2.05, 4.69) is 48.5 Å². The highest BCUT2D eigenvalue weighted by Gasteiger charge is 2.23. The highest BCUT2D eigenvalue weighted by Crippen LogP contribution is 2.35. The number of pyridine rings is 1. The van der Waals surface area contributed by atoms with Crippen LogP contribution < -0.4 is 10.2 Å². The molecule has 0 amide bonds. The van der Waals surface area contributed by atoms with Crippen LogP contribution in [0.5, 0.6) is 0 Å². The number of rotatable bonds is 4. The third-order valence-electron chi connectivity index (χ3n) is 5.15. The predicted molar refractivity (Wildman–Crippen MR) is 98.5 cm³/mol. The zero-order chi connectivity index (χ0) is 15.8. The van der Waals surface area contributed by atoms with Crippen LogP contribution >= 0.6 is 0 Å². The fraction of sp³-hybridized carbons (Fsp3) is 0.550. The molecule has 0 unspecified atom stereocenters. The molecular formula is C20H27N3. The lowest BCUT2D eigenvalue weighted by Crippen LogP contribution is -2.30. The molecule has 3 heteroatoms. The molecule has 3 nitrogen and oxygen atoms in total. The SMILES string of the molecule is CC(C)c1ccc2c(NC3CC3)cnc(N3CCCCC3)c2c1. The van der Waals surface area contributed by atoms with Crippen molar-refractivity contribution in [2.45, 2.75) is 57.9 Å². The van der Waals surface area contributed by atoms with Gasteiger partial charge in [-0.05, 0) is 49.7 Å². The quantitative estimate of drug-likeness (QED) is 0.868. The van der Waals surface area contributed by atoms with Gasteiger partial charge < -0.3 is 10.2 Å². The van der Waals surface area contributed by atoms with E-state index in [1.807, 2.05) is 0 Å². The Morgan fingerprint density at radius 2 is 1.87 bits per heavy atom. The van der Waals surface area contributed by atoms with E-state index in [9.17, 15) is 0 Å². The Labute approximate surface area is 139 Å². The van der Waals surface area contributed by atoms with Crippen molar-refractivity contribution >= 4 is 22.3 Å². The summed E-state index contributed by atoms with van der Waals surface area (Å²) in [5, 5.41) is 6.31. The topological polar surface area (TPSA) is 28.2 Å². The molecule has 1 saturated carbocycles. The van der Waals surface area contributed by atoms with Crippen LogP contribution in [0, 0.1) is 0 Å². The largest absolute Gasteiger partial charge is 0.381 e. The molecule has 23 heavy (non-hydrogen) atoms. The summed E-state index contributed by atoms with van der Waals surface area (Å²) >= 11 is 0. The lowest BCUT2D eigenvalue weighted by Gasteiger charge is -2.29. The highest BCUT2D eigenvalue weighted by atomic mass is 15.2. The van der Waals surface area contributed by atoms with Gasteiger partial charge in [-0.1, -0.05) is 26.0 Å². The van der Waals surface area contributed by atoms with Gasteiger partial charge in [0.2, 0.25) is 0 Å². The van der Waals surface area contributed by atoms with Gasteiger partial charge >= 0.3 is 0 Å². The predicted octanol–water partition coefficient (Wildman–Crippen LogP) is 4.92. The molecule has 2 aliphatic rings. The van der Waals surface area contributed by atoms with Gasteiger partial charge in [-0.3, -0.25) is 0 Å². The van der Waals surface area contributed by atoms with Crippen molar-refractivity contribution in [3.05, 3.63) is 30.0 Å². The molecule has 2 aromatic rings. The lowest BCUT2D eigenvalue weighted by molar-refractivity contribution is 0.575. The third-order valence-corrected chi connectivity index (χ3v) is 5.15. The minimum atomic E-state index is 0.550. The number of nitrogens with one attached hydrogen (secondary N) is 1. The summed E-state index contributed by atoms with van der Waals surface area (Å²) in [5.41, 5.74) is 2.61. The monoisotopic (exact) mass is 309 g/mol. The van der Waals surface area contributed by atoms with Crippen molar-refractivity contribution in [1.29, 1.82) is 0 Å². The van der Waals surface area contributed by atoms with E-state index in [4.69, 9.17) is 4.98 Å². The van der Waals surface area contributed by atoms with Crippen molar-refractivity contribution < 1.29 is 0 Å². The second-order valence-corrected chi connectivity index (χ2v) is 7.42. The van der Waals surface area contributed by atoms with E-state index in [1.165, 1.54) is 59.9 Å². The van der Waals surface area contributed by atoms with Crippen molar-refractivity contribution in [2.24, 2.45) is 0 Å². The summed E-state index contributed by atoms with van der Waals surface area (Å²) in [7, 11) is 0. The standard InChI is InChI=1S/C20H27N3/c1-14(2)15-6-9-17-18(12-15)20(23-10-4-3-5-11-23)21-13-19(17)22-16-7-8-16/h6,9,12-14,16,22H,3-5,7-8,10-11H2,1-2H3. The van der Waals surface area contributed by atoms with Gasteiger partial charge in [-0.25, -0.2) is 4.98 Å². The van der Waals surface area contributed by atoms with Gasteiger partial charge in [0.1, 0.15) is 5.82 Å². The maximum Gasteiger partial charge on any atom is 0.136 e. The van der Waals surface area contributed by atoms with Crippen molar-refractivity contribution in [1.82, 2.24) is 4.98 Å². The van der Waals surface area contributed by atoms with Gasteiger partial charge in [0.15, 0.2) is 0 Å². The van der Waals surface area contributed by atoms with Crippen LogP contribution in [0.1, 0.15) is 57.4 Å². The fourth-order valence-corrected chi connectivity index (χ4v) is 3.53. The zero-order valence-corrected chi connectivity index (χ0v) is 14.3. The maximum atomic E-state index is 4.88. The van der Waals surface area contributed by atoms with Crippen LogP contribution in [0.2, 0.25) is 0 Å². The number of hydrogen-bond donors (Lipinski definition) is 1.